The van der Waals surface area contributed by atoms with Gasteiger partial charge in [0.2, 0.25) is 0 Å². The number of allylic oxidation sites excluding steroid dienone is 4. The molecule has 0 bridgehead atoms. The fourth-order valence-corrected chi connectivity index (χ4v) is 0.845. The molecular formula is C11H11N3. The topological polar surface area (TPSA) is 71.4 Å². The third kappa shape index (κ3) is 4.10. The summed E-state index contributed by atoms with van der Waals surface area (Å²) in [6, 6.07) is 5.21. The van der Waals surface area contributed by atoms with Crippen molar-refractivity contribution in [2.75, 3.05) is 0 Å². The zero-order chi connectivity index (χ0) is 10.8. The molecule has 0 saturated carbocycles. The third-order valence-electron chi connectivity index (χ3n) is 1.62. The van der Waals surface area contributed by atoms with Crippen LogP contribution in [0.5, 0.6) is 0 Å². The maximum absolute atomic E-state index is 8.65. The Morgan fingerprint density at radius 3 is 2.21 bits per heavy atom. The van der Waals surface area contributed by atoms with Crippen LogP contribution in [-0.2, 0) is 0 Å². The highest BCUT2D eigenvalue weighted by Gasteiger charge is 2.00. The predicted molar refractivity (Wildman–Crippen MR) is 52.5 cm³/mol. The van der Waals surface area contributed by atoms with Crippen LogP contribution in [0.1, 0.15) is 26.2 Å². The van der Waals surface area contributed by atoms with Crippen LogP contribution in [-0.4, -0.2) is 0 Å². The zero-order valence-electron chi connectivity index (χ0n) is 8.12. The van der Waals surface area contributed by atoms with Gasteiger partial charge in [0.05, 0.1) is 5.57 Å². The first-order valence-electron chi connectivity index (χ1n) is 4.41. The van der Waals surface area contributed by atoms with Gasteiger partial charge in [-0.25, -0.2) is 0 Å². The molecule has 0 atom stereocenters. The number of nitrogens with zero attached hydrogens (tertiary/aromatic N) is 3. The van der Waals surface area contributed by atoms with Gasteiger partial charge < -0.3 is 0 Å². The minimum Gasteiger partial charge on any atom is -0.192 e. The highest BCUT2D eigenvalue weighted by molar-refractivity contribution is 5.51. The molecule has 0 unspecified atom stereocenters. The number of hydrogen-bond donors (Lipinski definition) is 0. The molecule has 0 radical (unpaired) electrons. The van der Waals surface area contributed by atoms with Gasteiger partial charge in [-0.3, -0.25) is 0 Å². The van der Waals surface area contributed by atoms with Crippen molar-refractivity contribution >= 4 is 0 Å². The van der Waals surface area contributed by atoms with Gasteiger partial charge in [0.25, 0.3) is 0 Å². The average Bonchev–Trinajstić information content (AvgIpc) is 2.23. The lowest BCUT2D eigenvalue weighted by Gasteiger charge is -1.89. The number of rotatable bonds is 4. The van der Waals surface area contributed by atoms with Crippen molar-refractivity contribution < 1.29 is 0 Å². The summed E-state index contributed by atoms with van der Waals surface area (Å²) in [4.78, 5) is 0. The minimum atomic E-state index is -0.125. The minimum absolute atomic E-state index is 0.125. The van der Waals surface area contributed by atoms with Crippen LogP contribution < -0.4 is 0 Å². The van der Waals surface area contributed by atoms with Gasteiger partial charge in [0, 0.05) is 0 Å². The fraction of sp³-hybridized carbons (Fsp3) is 0.364. The van der Waals surface area contributed by atoms with Crippen molar-refractivity contribution in [3.8, 4) is 18.2 Å². The molecule has 0 aromatic rings. The Morgan fingerprint density at radius 2 is 1.79 bits per heavy atom. The summed E-state index contributed by atoms with van der Waals surface area (Å²) in [5, 5.41) is 25.7. The highest BCUT2D eigenvalue weighted by Crippen LogP contribution is 2.05. The Morgan fingerprint density at radius 1 is 1.14 bits per heavy atom. The summed E-state index contributed by atoms with van der Waals surface area (Å²) < 4.78 is 0. The summed E-state index contributed by atoms with van der Waals surface area (Å²) in [5.74, 6) is 0. The van der Waals surface area contributed by atoms with Crippen LogP contribution in [0, 0.1) is 34.0 Å². The molecule has 0 saturated heterocycles. The Hall–Kier alpha value is -2.05. The molecule has 70 valence electrons. The molecule has 0 aliphatic rings. The van der Waals surface area contributed by atoms with E-state index in [0.717, 1.165) is 19.3 Å². The van der Waals surface area contributed by atoms with E-state index in [9.17, 15) is 0 Å². The van der Waals surface area contributed by atoms with Crippen LogP contribution in [0.4, 0.5) is 0 Å². The third-order valence-corrected chi connectivity index (χ3v) is 1.62. The van der Waals surface area contributed by atoms with Crippen LogP contribution in [0.25, 0.3) is 0 Å². The Balaban J connectivity index is 4.56. The number of hydrogen-bond acceptors (Lipinski definition) is 3. The molecule has 0 amide bonds. The predicted octanol–water partition coefficient (Wildman–Crippen LogP) is 2.60. The molecule has 0 aromatic carbocycles. The van der Waals surface area contributed by atoms with E-state index in [4.69, 9.17) is 15.8 Å². The molecule has 0 aliphatic heterocycles. The van der Waals surface area contributed by atoms with Crippen molar-refractivity contribution in [1.29, 1.82) is 15.8 Å². The first-order valence-corrected chi connectivity index (χ1v) is 4.41. The van der Waals surface area contributed by atoms with Crippen molar-refractivity contribution in [1.82, 2.24) is 0 Å². The highest BCUT2D eigenvalue weighted by atomic mass is 14.3. The van der Waals surface area contributed by atoms with Crippen molar-refractivity contribution in [2.45, 2.75) is 26.2 Å². The number of nitriles is 3. The van der Waals surface area contributed by atoms with E-state index < -0.39 is 0 Å². The first kappa shape index (κ1) is 11.9. The lowest BCUT2D eigenvalue weighted by molar-refractivity contribution is 0.814. The maximum Gasteiger partial charge on any atom is 0.147 e. The Labute approximate surface area is 84.2 Å². The van der Waals surface area contributed by atoms with Crippen molar-refractivity contribution in [3.05, 3.63) is 23.3 Å². The van der Waals surface area contributed by atoms with Gasteiger partial charge in [-0.2, -0.15) is 15.8 Å². The molecule has 0 fully saturated rings. The molecule has 0 aromatic heterocycles. The SMILES string of the molecule is CCCCC=CC(C#N)=C(C#N)C#N. The Kier molecular flexibility index (Phi) is 6.48. The van der Waals surface area contributed by atoms with E-state index in [1.54, 1.807) is 12.1 Å². The summed E-state index contributed by atoms with van der Waals surface area (Å²) in [7, 11) is 0. The first-order chi connectivity index (χ1) is 6.79. The monoisotopic (exact) mass is 185 g/mol. The van der Waals surface area contributed by atoms with Gasteiger partial charge >= 0.3 is 0 Å². The van der Waals surface area contributed by atoms with Crippen LogP contribution in [0.15, 0.2) is 23.3 Å². The second kappa shape index (κ2) is 7.59. The zero-order valence-corrected chi connectivity index (χ0v) is 8.12. The van der Waals surface area contributed by atoms with E-state index >= 15 is 0 Å². The molecule has 0 spiro atoms. The van der Waals surface area contributed by atoms with Gasteiger partial charge in [0.1, 0.15) is 23.8 Å². The van der Waals surface area contributed by atoms with Gasteiger partial charge in [-0.1, -0.05) is 25.8 Å². The standard InChI is InChI=1S/C11H11N3/c1-2-3-4-5-6-10(7-12)11(8-13)9-14/h5-6H,2-4H2,1H3. The second-order valence-electron chi connectivity index (χ2n) is 2.67. The molecule has 14 heavy (non-hydrogen) atoms. The lowest BCUT2D eigenvalue weighted by atomic mass is 10.1. The molecular weight excluding hydrogens is 174 g/mol. The Bertz CT molecular complexity index is 339. The second-order valence-corrected chi connectivity index (χ2v) is 2.67. The molecule has 0 heterocycles. The van der Waals surface area contributed by atoms with E-state index in [1.165, 1.54) is 6.08 Å². The number of unbranched alkanes of at least 4 members (excludes halogenated alkanes) is 2. The molecule has 3 heteroatoms. The summed E-state index contributed by atoms with van der Waals surface area (Å²) in [6.45, 7) is 2.07. The summed E-state index contributed by atoms with van der Waals surface area (Å²) in [5.41, 5.74) is 0.0198. The molecule has 0 N–H and O–H groups in total. The summed E-state index contributed by atoms with van der Waals surface area (Å²) >= 11 is 0. The molecule has 0 aliphatic carbocycles. The molecule has 3 nitrogen and oxygen atoms in total. The quantitative estimate of drug-likeness (QED) is 0.384. The smallest absolute Gasteiger partial charge is 0.147 e. The molecule has 0 rings (SSSR count). The largest absolute Gasteiger partial charge is 0.192 e. The maximum atomic E-state index is 8.65. The van der Waals surface area contributed by atoms with Crippen LogP contribution in [0.2, 0.25) is 0 Å². The average molecular weight is 185 g/mol. The van der Waals surface area contributed by atoms with Gasteiger partial charge in [-0.15, -0.1) is 0 Å². The lowest BCUT2D eigenvalue weighted by Crippen LogP contribution is -1.81. The van der Waals surface area contributed by atoms with Crippen molar-refractivity contribution in [2.24, 2.45) is 0 Å². The van der Waals surface area contributed by atoms with E-state index in [0.29, 0.717) is 0 Å². The van der Waals surface area contributed by atoms with E-state index in [-0.39, 0.29) is 11.1 Å². The van der Waals surface area contributed by atoms with E-state index in [1.807, 2.05) is 12.1 Å². The van der Waals surface area contributed by atoms with Gasteiger partial charge in [0.15, 0.2) is 0 Å². The fourth-order valence-electron chi connectivity index (χ4n) is 0.845. The summed E-state index contributed by atoms with van der Waals surface area (Å²) in [6.07, 6.45) is 6.35. The van der Waals surface area contributed by atoms with E-state index in [2.05, 4.69) is 6.92 Å². The van der Waals surface area contributed by atoms with Gasteiger partial charge in [-0.05, 0) is 12.5 Å². The normalized spacial score (nSPS) is 8.71. The van der Waals surface area contributed by atoms with Crippen LogP contribution >= 0.6 is 0 Å². The van der Waals surface area contributed by atoms with Crippen molar-refractivity contribution in [3.63, 3.8) is 0 Å². The van der Waals surface area contributed by atoms with Crippen LogP contribution in [0.3, 0.4) is 0 Å².